The molecule has 1 unspecified atom stereocenters. The second-order valence-corrected chi connectivity index (χ2v) is 7.84. The van der Waals surface area contributed by atoms with Gasteiger partial charge >= 0.3 is 0 Å². The number of ether oxygens (including phenoxy) is 1. The number of hydrogen-bond donors (Lipinski definition) is 0. The van der Waals surface area contributed by atoms with E-state index in [1.807, 2.05) is 66.2 Å². The molecule has 2 aromatic heterocycles. The Morgan fingerprint density at radius 1 is 1.17 bits per heavy atom. The molecule has 0 bridgehead atoms. The Balaban J connectivity index is 1.65. The fraction of sp³-hybridized carbons (Fsp3) is 0.318. The van der Waals surface area contributed by atoms with Crippen LogP contribution in [0.4, 0.5) is 0 Å². The molecule has 154 valence electrons. The number of fused-ring (bicyclic) bond motifs is 2. The van der Waals surface area contributed by atoms with E-state index in [1.54, 1.807) is 16.7 Å². The smallest absolute Gasteiger partial charge is 0.272 e. The summed E-state index contributed by atoms with van der Waals surface area (Å²) in [6.45, 7) is 3.42. The Kier molecular flexibility index (Phi) is 3.99. The summed E-state index contributed by atoms with van der Waals surface area (Å²) < 4.78 is 9.02. The van der Waals surface area contributed by atoms with Crippen molar-refractivity contribution in [3.05, 3.63) is 59.7 Å². The van der Waals surface area contributed by atoms with Crippen LogP contribution in [-0.2, 0) is 24.0 Å². The molecule has 30 heavy (non-hydrogen) atoms. The Labute approximate surface area is 174 Å². The molecule has 5 rings (SSSR count). The molecule has 0 aliphatic carbocycles. The molecule has 0 spiro atoms. The zero-order chi connectivity index (χ0) is 21.0. The van der Waals surface area contributed by atoms with Gasteiger partial charge in [0.15, 0.2) is 5.66 Å². The third kappa shape index (κ3) is 2.43. The third-order valence-corrected chi connectivity index (χ3v) is 6.24. The van der Waals surface area contributed by atoms with Gasteiger partial charge < -0.3 is 19.1 Å². The molecule has 0 N–H and O–H groups in total. The summed E-state index contributed by atoms with van der Waals surface area (Å²) in [5.41, 5.74) is 3.53. The SMILES string of the molecule is COc1ccc(C23Cn4cc(-c5cn(C)nc5C)cc4C(=O)N2CCN3C=O)cc1. The van der Waals surface area contributed by atoms with Crippen molar-refractivity contribution in [3.8, 4) is 16.9 Å². The van der Waals surface area contributed by atoms with Gasteiger partial charge in [-0.2, -0.15) is 5.10 Å². The molecule has 1 atom stereocenters. The molecule has 2 amide bonds. The summed E-state index contributed by atoms with van der Waals surface area (Å²) in [7, 11) is 3.50. The highest BCUT2D eigenvalue weighted by molar-refractivity contribution is 5.96. The van der Waals surface area contributed by atoms with Crippen molar-refractivity contribution in [2.24, 2.45) is 7.05 Å². The van der Waals surface area contributed by atoms with E-state index in [0.29, 0.717) is 25.3 Å². The average Bonchev–Trinajstić information content (AvgIpc) is 3.43. The van der Waals surface area contributed by atoms with E-state index >= 15 is 0 Å². The fourth-order valence-corrected chi connectivity index (χ4v) is 4.82. The quantitative estimate of drug-likeness (QED) is 0.623. The molecule has 0 radical (unpaired) electrons. The maximum absolute atomic E-state index is 13.5. The van der Waals surface area contributed by atoms with Gasteiger partial charge in [0.1, 0.15) is 11.4 Å². The van der Waals surface area contributed by atoms with Gasteiger partial charge in [-0.1, -0.05) is 12.1 Å². The molecule has 2 aliphatic heterocycles. The molecule has 1 fully saturated rings. The molecule has 2 aliphatic rings. The molecule has 0 saturated carbocycles. The predicted molar refractivity (Wildman–Crippen MR) is 110 cm³/mol. The number of amides is 2. The normalized spacial score (nSPS) is 20.3. The fourth-order valence-electron chi connectivity index (χ4n) is 4.82. The number of rotatable bonds is 4. The lowest BCUT2D eigenvalue weighted by Gasteiger charge is -2.46. The van der Waals surface area contributed by atoms with Crippen molar-refractivity contribution in [1.29, 1.82) is 0 Å². The summed E-state index contributed by atoms with van der Waals surface area (Å²) in [6, 6.07) is 9.52. The van der Waals surface area contributed by atoms with Gasteiger partial charge in [0.25, 0.3) is 5.91 Å². The highest BCUT2D eigenvalue weighted by Crippen LogP contribution is 2.43. The van der Waals surface area contributed by atoms with Crippen molar-refractivity contribution < 1.29 is 14.3 Å². The molecule has 1 aromatic carbocycles. The topological polar surface area (TPSA) is 72.6 Å². The van der Waals surface area contributed by atoms with Crippen LogP contribution >= 0.6 is 0 Å². The van der Waals surface area contributed by atoms with Crippen molar-refractivity contribution >= 4 is 12.3 Å². The third-order valence-electron chi connectivity index (χ3n) is 6.24. The van der Waals surface area contributed by atoms with Crippen LogP contribution in [0.25, 0.3) is 11.1 Å². The summed E-state index contributed by atoms with van der Waals surface area (Å²) in [5, 5.41) is 4.42. The van der Waals surface area contributed by atoms with Crippen molar-refractivity contribution in [1.82, 2.24) is 24.1 Å². The second kappa shape index (κ2) is 6.48. The van der Waals surface area contributed by atoms with E-state index in [4.69, 9.17) is 4.74 Å². The summed E-state index contributed by atoms with van der Waals surface area (Å²) in [6.07, 6.45) is 4.79. The van der Waals surface area contributed by atoms with Crippen LogP contribution in [0, 0.1) is 6.92 Å². The maximum atomic E-state index is 13.5. The number of aryl methyl sites for hydroxylation is 2. The van der Waals surface area contributed by atoms with Gasteiger partial charge in [0, 0.05) is 49.2 Å². The van der Waals surface area contributed by atoms with Crippen molar-refractivity contribution in [3.63, 3.8) is 0 Å². The Hall–Kier alpha value is -3.55. The van der Waals surface area contributed by atoms with E-state index < -0.39 is 5.66 Å². The maximum Gasteiger partial charge on any atom is 0.272 e. The van der Waals surface area contributed by atoms with E-state index in [-0.39, 0.29) is 5.91 Å². The monoisotopic (exact) mass is 405 g/mol. The minimum absolute atomic E-state index is 0.0748. The molecular weight excluding hydrogens is 382 g/mol. The first kappa shape index (κ1) is 18.5. The zero-order valence-corrected chi connectivity index (χ0v) is 17.2. The van der Waals surface area contributed by atoms with E-state index in [0.717, 1.165) is 34.5 Å². The number of benzene rings is 1. The highest BCUT2D eigenvalue weighted by Gasteiger charge is 2.54. The Bertz CT molecular complexity index is 1150. The van der Waals surface area contributed by atoms with Crippen LogP contribution in [0.1, 0.15) is 21.7 Å². The van der Waals surface area contributed by atoms with Crippen molar-refractivity contribution in [2.45, 2.75) is 19.1 Å². The minimum atomic E-state index is -0.849. The summed E-state index contributed by atoms with van der Waals surface area (Å²) in [4.78, 5) is 29.1. The van der Waals surface area contributed by atoms with Crippen molar-refractivity contribution in [2.75, 3.05) is 20.2 Å². The van der Waals surface area contributed by atoms with E-state index in [2.05, 4.69) is 5.10 Å². The van der Waals surface area contributed by atoms with Crippen LogP contribution in [0.5, 0.6) is 5.75 Å². The highest BCUT2D eigenvalue weighted by atomic mass is 16.5. The minimum Gasteiger partial charge on any atom is -0.497 e. The van der Waals surface area contributed by atoms with Gasteiger partial charge in [-0.15, -0.1) is 0 Å². The number of carbonyl (C=O) groups excluding carboxylic acids is 2. The molecular formula is C22H23N5O3. The molecule has 3 aromatic rings. The first-order chi connectivity index (χ1) is 14.5. The lowest BCUT2D eigenvalue weighted by molar-refractivity contribution is -0.126. The van der Waals surface area contributed by atoms with Crippen LogP contribution in [-0.4, -0.2) is 56.7 Å². The van der Waals surface area contributed by atoms with Gasteiger partial charge in [-0.25, -0.2) is 0 Å². The van der Waals surface area contributed by atoms with Gasteiger partial charge in [-0.05, 0) is 25.1 Å². The van der Waals surface area contributed by atoms with Crippen LogP contribution < -0.4 is 4.74 Å². The van der Waals surface area contributed by atoms with Gasteiger partial charge in [-0.3, -0.25) is 14.3 Å². The molecule has 4 heterocycles. The lowest BCUT2D eigenvalue weighted by atomic mass is 9.94. The molecule has 8 heteroatoms. The van der Waals surface area contributed by atoms with Gasteiger partial charge in [0.05, 0.1) is 19.3 Å². The standard InChI is InChI=1S/C22H23N5O3/c1-15-19(12-24(2)23-15)16-10-20-21(29)27-9-8-26(14-28)22(27,13-25(20)11-16)17-4-6-18(30-3)7-5-17/h4-7,10-12,14H,8-9,13H2,1-3H3. The first-order valence-electron chi connectivity index (χ1n) is 9.87. The van der Waals surface area contributed by atoms with Crippen LogP contribution in [0.2, 0.25) is 0 Å². The second-order valence-electron chi connectivity index (χ2n) is 7.84. The van der Waals surface area contributed by atoms with Gasteiger partial charge in [0.2, 0.25) is 6.41 Å². The largest absolute Gasteiger partial charge is 0.497 e. The summed E-state index contributed by atoms with van der Waals surface area (Å²) >= 11 is 0. The zero-order valence-electron chi connectivity index (χ0n) is 17.2. The van der Waals surface area contributed by atoms with Crippen LogP contribution in [0.15, 0.2) is 42.7 Å². The predicted octanol–water partition coefficient (Wildman–Crippen LogP) is 1.99. The Morgan fingerprint density at radius 3 is 2.57 bits per heavy atom. The number of methoxy groups -OCH3 is 1. The first-order valence-corrected chi connectivity index (χ1v) is 9.87. The number of hydrogen-bond acceptors (Lipinski definition) is 4. The Morgan fingerprint density at radius 2 is 1.93 bits per heavy atom. The number of carbonyl (C=O) groups is 2. The number of nitrogens with zero attached hydrogens (tertiary/aromatic N) is 5. The average molecular weight is 405 g/mol. The van der Waals surface area contributed by atoms with E-state index in [1.165, 1.54) is 0 Å². The molecule has 1 saturated heterocycles. The number of aromatic nitrogens is 3. The lowest BCUT2D eigenvalue weighted by Crippen LogP contribution is -2.58. The molecule has 8 nitrogen and oxygen atoms in total. The van der Waals surface area contributed by atoms with Crippen LogP contribution in [0.3, 0.4) is 0 Å². The summed E-state index contributed by atoms with van der Waals surface area (Å²) in [5.74, 6) is 0.657. The van der Waals surface area contributed by atoms with E-state index in [9.17, 15) is 9.59 Å².